The molecule has 0 atom stereocenters. The van der Waals surface area contributed by atoms with Crippen molar-refractivity contribution in [3.8, 4) is 0 Å². The first-order chi connectivity index (χ1) is 4.22. The van der Waals surface area contributed by atoms with E-state index in [1.54, 1.807) is 12.2 Å². The summed E-state index contributed by atoms with van der Waals surface area (Å²) in [5, 5.41) is 10.1. The van der Waals surface area contributed by atoms with Crippen molar-refractivity contribution in [2.45, 2.75) is 0 Å². The van der Waals surface area contributed by atoms with Gasteiger partial charge in [-0.25, -0.2) is 0 Å². The molecule has 0 aromatic rings. The first-order valence-electron chi connectivity index (χ1n) is 2.51. The van der Waals surface area contributed by atoms with Gasteiger partial charge in [-0.1, -0.05) is 24.8 Å². The van der Waals surface area contributed by atoms with Gasteiger partial charge in [0.1, 0.15) is 0 Å². The minimum Gasteiger partial charge on any atom is -0.545 e. The van der Waals surface area contributed by atoms with Crippen LogP contribution in [0, 0.1) is 0 Å². The van der Waals surface area contributed by atoms with E-state index in [-0.39, 0.29) is 63.8 Å². The largest absolute Gasteiger partial charge is 1.00 e. The topological polar surface area (TPSA) is 40.1 Å². The maximum Gasteiger partial charge on any atom is 1.00 e. The SMILES string of the molecule is C=C1C=CC=C1C(=O)[O-].[Rb+]. The third-order valence-electron chi connectivity index (χ3n) is 1.13. The maximum absolute atomic E-state index is 10.1. The minimum atomic E-state index is -1.16. The molecule has 0 heterocycles. The van der Waals surface area contributed by atoms with Gasteiger partial charge in [0, 0.05) is 5.57 Å². The van der Waals surface area contributed by atoms with E-state index in [2.05, 4.69) is 6.58 Å². The monoisotopic (exact) mass is 206 g/mol. The molecule has 0 fully saturated rings. The second-order valence-corrected chi connectivity index (χ2v) is 1.75. The third-order valence-corrected chi connectivity index (χ3v) is 1.13. The molecule has 1 aliphatic carbocycles. The molecule has 0 saturated heterocycles. The number of carbonyl (C=O) groups is 1. The van der Waals surface area contributed by atoms with Gasteiger partial charge in [0.05, 0.1) is 5.97 Å². The van der Waals surface area contributed by atoms with Crippen LogP contribution >= 0.6 is 0 Å². The van der Waals surface area contributed by atoms with Crippen LogP contribution in [0.25, 0.3) is 0 Å². The minimum absolute atomic E-state index is 0. The number of rotatable bonds is 1. The van der Waals surface area contributed by atoms with E-state index in [9.17, 15) is 9.90 Å². The Kier molecular flexibility index (Phi) is 4.61. The Bertz CT molecular complexity index is 226. The molecule has 0 aromatic heterocycles. The van der Waals surface area contributed by atoms with Crippen molar-refractivity contribution in [3.63, 3.8) is 0 Å². The summed E-state index contributed by atoms with van der Waals surface area (Å²) < 4.78 is 0. The zero-order valence-corrected chi connectivity index (χ0v) is 10.7. The molecule has 0 bridgehead atoms. The van der Waals surface area contributed by atoms with Crippen molar-refractivity contribution >= 4 is 5.97 Å². The number of aliphatic carboxylic acids is 1. The third kappa shape index (κ3) is 2.27. The van der Waals surface area contributed by atoms with Crippen LogP contribution < -0.4 is 63.3 Å². The van der Waals surface area contributed by atoms with Crippen LogP contribution in [0.4, 0.5) is 0 Å². The molecule has 0 radical (unpaired) electrons. The van der Waals surface area contributed by atoms with Gasteiger partial charge in [0.25, 0.3) is 0 Å². The fourth-order valence-corrected chi connectivity index (χ4v) is 0.656. The van der Waals surface area contributed by atoms with Gasteiger partial charge in [-0.3, -0.25) is 0 Å². The van der Waals surface area contributed by atoms with Gasteiger partial charge < -0.3 is 9.90 Å². The van der Waals surface area contributed by atoms with Gasteiger partial charge in [-0.15, -0.1) is 0 Å². The van der Waals surface area contributed by atoms with Crippen LogP contribution in [0.15, 0.2) is 36.0 Å². The van der Waals surface area contributed by atoms with Gasteiger partial charge in [-0.2, -0.15) is 0 Å². The van der Waals surface area contributed by atoms with Gasteiger partial charge in [0.15, 0.2) is 0 Å². The Morgan fingerprint density at radius 3 is 2.40 bits per heavy atom. The zero-order valence-electron chi connectivity index (χ0n) is 5.76. The Morgan fingerprint density at radius 2 is 2.20 bits per heavy atom. The number of carbonyl (C=O) groups excluding carboxylic acids is 1. The summed E-state index contributed by atoms with van der Waals surface area (Å²) >= 11 is 0. The molecule has 0 aromatic carbocycles. The van der Waals surface area contributed by atoms with E-state index in [0.717, 1.165) is 0 Å². The van der Waals surface area contributed by atoms with E-state index in [1.165, 1.54) is 6.08 Å². The van der Waals surface area contributed by atoms with Crippen LogP contribution in [0.1, 0.15) is 0 Å². The Balaban J connectivity index is 0.000000810. The molecule has 2 nitrogen and oxygen atoms in total. The second-order valence-electron chi connectivity index (χ2n) is 1.75. The molecule has 10 heavy (non-hydrogen) atoms. The molecule has 0 unspecified atom stereocenters. The predicted octanol–water partition coefficient (Wildman–Crippen LogP) is -3.21. The standard InChI is InChI=1S/C7H6O2.Rb/c1-5-3-2-4-6(5)7(8)9;/h2-4H,1H2,(H,8,9);/q;+1/p-1. The summed E-state index contributed by atoms with van der Waals surface area (Å²) in [6.07, 6.45) is 4.73. The molecular formula is C7H5O2Rb. The Morgan fingerprint density at radius 1 is 1.60 bits per heavy atom. The van der Waals surface area contributed by atoms with Crippen LogP contribution in [0.3, 0.4) is 0 Å². The predicted molar refractivity (Wildman–Crippen MR) is 31.4 cm³/mol. The van der Waals surface area contributed by atoms with E-state index in [1.807, 2.05) is 0 Å². The van der Waals surface area contributed by atoms with Gasteiger partial charge in [0.2, 0.25) is 0 Å². The summed E-state index contributed by atoms with van der Waals surface area (Å²) in [4.78, 5) is 10.1. The molecular weight excluding hydrogens is 202 g/mol. The molecule has 0 saturated carbocycles. The van der Waals surface area contributed by atoms with E-state index < -0.39 is 5.97 Å². The first kappa shape index (κ1) is 10.5. The van der Waals surface area contributed by atoms with E-state index >= 15 is 0 Å². The maximum atomic E-state index is 10.1. The summed E-state index contributed by atoms with van der Waals surface area (Å²) in [7, 11) is 0. The van der Waals surface area contributed by atoms with Gasteiger partial charge >= 0.3 is 58.2 Å². The normalized spacial score (nSPS) is 14.4. The molecule has 3 heteroatoms. The second kappa shape index (κ2) is 4.39. The average molecular weight is 207 g/mol. The van der Waals surface area contributed by atoms with Crippen molar-refractivity contribution in [1.29, 1.82) is 0 Å². The Labute approximate surface area is 108 Å². The fraction of sp³-hybridized carbons (Fsp3) is 0. The average Bonchev–Trinajstić information content (AvgIpc) is 2.13. The molecule has 1 aliphatic rings. The van der Waals surface area contributed by atoms with Gasteiger partial charge in [-0.05, 0) is 5.57 Å². The summed E-state index contributed by atoms with van der Waals surface area (Å²) in [6, 6.07) is 0. The van der Waals surface area contributed by atoms with Crippen molar-refractivity contribution < 1.29 is 68.1 Å². The fourth-order valence-electron chi connectivity index (χ4n) is 0.656. The van der Waals surface area contributed by atoms with Crippen LogP contribution in [0.2, 0.25) is 0 Å². The number of allylic oxidation sites excluding steroid dienone is 3. The molecule has 0 N–H and O–H groups in total. The summed E-state index contributed by atoms with van der Waals surface area (Å²) in [5.41, 5.74) is 0.685. The Hall–Kier alpha value is 0.495. The molecule has 0 amide bonds. The number of hydrogen-bond donors (Lipinski definition) is 0. The van der Waals surface area contributed by atoms with Crippen molar-refractivity contribution in [1.82, 2.24) is 0 Å². The molecule has 0 aliphatic heterocycles. The summed E-state index contributed by atoms with van der Waals surface area (Å²) in [6.45, 7) is 3.48. The number of carboxylic acid groups (broad SMARTS) is 1. The van der Waals surface area contributed by atoms with E-state index in [4.69, 9.17) is 0 Å². The molecule has 46 valence electrons. The van der Waals surface area contributed by atoms with Crippen molar-refractivity contribution in [3.05, 3.63) is 36.0 Å². The summed E-state index contributed by atoms with van der Waals surface area (Å²) in [5.74, 6) is -1.16. The van der Waals surface area contributed by atoms with Crippen LogP contribution in [-0.4, -0.2) is 5.97 Å². The van der Waals surface area contributed by atoms with Crippen molar-refractivity contribution in [2.24, 2.45) is 0 Å². The smallest absolute Gasteiger partial charge is 0.545 e. The number of carboxylic acids is 1. The number of hydrogen-bond acceptors (Lipinski definition) is 2. The molecule has 0 spiro atoms. The van der Waals surface area contributed by atoms with E-state index in [0.29, 0.717) is 5.57 Å². The van der Waals surface area contributed by atoms with Crippen LogP contribution in [-0.2, 0) is 4.79 Å². The zero-order chi connectivity index (χ0) is 6.85. The van der Waals surface area contributed by atoms with Crippen LogP contribution in [0.5, 0.6) is 0 Å². The quantitative estimate of drug-likeness (QED) is 0.453. The van der Waals surface area contributed by atoms with Crippen molar-refractivity contribution in [2.75, 3.05) is 0 Å². The molecule has 1 rings (SSSR count). The first-order valence-corrected chi connectivity index (χ1v) is 2.51.